The number of carbonyl (C=O) groups is 2. The average Bonchev–Trinajstić information content (AvgIpc) is 3.36. The number of carbonyl (C=O) groups excluding carboxylic acids is 2. The molecule has 4 rings (SSSR count). The molecule has 0 saturated carbocycles. The highest BCUT2D eigenvalue weighted by atomic mass is 32.1. The minimum absolute atomic E-state index is 0.103. The Morgan fingerprint density at radius 1 is 0.833 bits per heavy atom. The number of hydrogen-bond acceptors (Lipinski definition) is 4. The number of benzene rings is 3. The van der Waals surface area contributed by atoms with Gasteiger partial charge in [-0.1, -0.05) is 60.7 Å². The standard InChI is InChI=1S/C27H22F3N3O2S/c28-27(29,30)22-13-11-21(12-14-22)26(35)33(16-20-9-5-2-6-10-20)17-24-32-23(18-36-24)25(34)31-15-19-7-3-1-4-8-19/h1-14,18H,15-17H2,(H,31,34). The maximum atomic E-state index is 13.3. The molecule has 1 N–H and O–H groups in total. The first-order valence-electron chi connectivity index (χ1n) is 11.1. The van der Waals surface area contributed by atoms with E-state index < -0.39 is 17.6 Å². The number of halogens is 3. The van der Waals surface area contributed by atoms with Gasteiger partial charge in [0.25, 0.3) is 11.8 Å². The summed E-state index contributed by atoms with van der Waals surface area (Å²) in [7, 11) is 0. The van der Waals surface area contributed by atoms with Crippen LogP contribution in [0.25, 0.3) is 0 Å². The van der Waals surface area contributed by atoms with Gasteiger partial charge in [-0.25, -0.2) is 4.98 Å². The molecule has 0 saturated heterocycles. The van der Waals surface area contributed by atoms with Gasteiger partial charge in [-0.2, -0.15) is 13.2 Å². The molecule has 3 aromatic carbocycles. The van der Waals surface area contributed by atoms with Crippen molar-refractivity contribution in [3.8, 4) is 0 Å². The van der Waals surface area contributed by atoms with Crippen molar-refractivity contribution >= 4 is 23.2 Å². The van der Waals surface area contributed by atoms with Crippen LogP contribution in [-0.4, -0.2) is 21.7 Å². The predicted octanol–water partition coefficient (Wildman–Crippen LogP) is 5.93. The number of hydrogen-bond donors (Lipinski definition) is 1. The largest absolute Gasteiger partial charge is 0.416 e. The first kappa shape index (κ1) is 25.1. The topological polar surface area (TPSA) is 62.3 Å². The van der Waals surface area contributed by atoms with Crippen molar-refractivity contribution < 1.29 is 22.8 Å². The SMILES string of the molecule is O=C(NCc1ccccc1)c1csc(CN(Cc2ccccc2)C(=O)c2ccc(C(F)(F)F)cc2)n1. The Labute approximate surface area is 210 Å². The molecule has 184 valence electrons. The Bertz CT molecular complexity index is 1310. The summed E-state index contributed by atoms with van der Waals surface area (Å²) in [6.45, 7) is 0.695. The van der Waals surface area contributed by atoms with Crippen LogP contribution in [0.3, 0.4) is 0 Å². The zero-order chi connectivity index (χ0) is 25.5. The van der Waals surface area contributed by atoms with Crippen molar-refractivity contribution in [1.29, 1.82) is 0 Å². The highest BCUT2D eigenvalue weighted by Crippen LogP contribution is 2.29. The smallest absolute Gasteiger partial charge is 0.347 e. The maximum Gasteiger partial charge on any atom is 0.416 e. The van der Waals surface area contributed by atoms with E-state index in [0.29, 0.717) is 11.6 Å². The van der Waals surface area contributed by atoms with Gasteiger partial charge in [-0.3, -0.25) is 9.59 Å². The van der Waals surface area contributed by atoms with E-state index in [9.17, 15) is 22.8 Å². The zero-order valence-electron chi connectivity index (χ0n) is 19.0. The van der Waals surface area contributed by atoms with Crippen LogP contribution in [0.15, 0.2) is 90.3 Å². The molecule has 9 heteroatoms. The molecule has 0 atom stereocenters. The van der Waals surface area contributed by atoms with Crippen molar-refractivity contribution in [2.75, 3.05) is 0 Å². The van der Waals surface area contributed by atoms with Crippen LogP contribution >= 0.6 is 11.3 Å². The molecule has 0 aliphatic heterocycles. The molecule has 1 aromatic heterocycles. The van der Waals surface area contributed by atoms with Crippen LogP contribution in [0.2, 0.25) is 0 Å². The lowest BCUT2D eigenvalue weighted by atomic mass is 10.1. The van der Waals surface area contributed by atoms with Gasteiger partial charge >= 0.3 is 6.18 Å². The lowest BCUT2D eigenvalue weighted by Gasteiger charge is -2.22. The Morgan fingerprint density at radius 3 is 2.06 bits per heavy atom. The van der Waals surface area contributed by atoms with Crippen LogP contribution in [0.5, 0.6) is 0 Å². The Hall–Kier alpha value is -3.98. The molecule has 5 nitrogen and oxygen atoms in total. The second-order valence-electron chi connectivity index (χ2n) is 8.02. The summed E-state index contributed by atoms with van der Waals surface area (Å²) >= 11 is 1.24. The summed E-state index contributed by atoms with van der Waals surface area (Å²) in [6, 6.07) is 22.9. The fourth-order valence-corrected chi connectivity index (χ4v) is 4.30. The highest BCUT2D eigenvalue weighted by Gasteiger charge is 2.30. The van der Waals surface area contributed by atoms with E-state index in [4.69, 9.17) is 0 Å². The van der Waals surface area contributed by atoms with Crippen molar-refractivity contribution in [3.63, 3.8) is 0 Å². The molecule has 0 unspecified atom stereocenters. The normalized spacial score (nSPS) is 11.2. The fourth-order valence-electron chi connectivity index (χ4n) is 3.51. The number of nitrogens with one attached hydrogen (secondary N) is 1. The van der Waals surface area contributed by atoms with Gasteiger partial charge in [-0.15, -0.1) is 11.3 Å². The molecule has 1 heterocycles. The first-order chi connectivity index (χ1) is 17.3. The quantitative estimate of drug-likeness (QED) is 0.320. The van der Waals surface area contributed by atoms with E-state index in [1.807, 2.05) is 60.7 Å². The summed E-state index contributed by atoms with van der Waals surface area (Å²) in [5.41, 5.74) is 1.37. The lowest BCUT2D eigenvalue weighted by Crippen LogP contribution is -2.30. The minimum Gasteiger partial charge on any atom is -0.347 e. The number of nitrogens with zero attached hydrogens (tertiary/aromatic N) is 2. The monoisotopic (exact) mass is 509 g/mol. The summed E-state index contributed by atoms with van der Waals surface area (Å²) in [4.78, 5) is 31.7. The zero-order valence-corrected chi connectivity index (χ0v) is 19.9. The third-order valence-electron chi connectivity index (χ3n) is 5.37. The van der Waals surface area contributed by atoms with Gasteiger partial charge in [0, 0.05) is 24.0 Å². The van der Waals surface area contributed by atoms with E-state index in [0.717, 1.165) is 23.3 Å². The molecule has 2 amide bonds. The number of thiazole rings is 1. The summed E-state index contributed by atoms with van der Waals surface area (Å²) in [6.07, 6.45) is -4.48. The number of alkyl halides is 3. The summed E-state index contributed by atoms with van der Waals surface area (Å²) in [5.74, 6) is -0.761. The van der Waals surface area contributed by atoms with Crippen LogP contribution in [0, 0.1) is 0 Å². The van der Waals surface area contributed by atoms with Gasteiger partial charge in [-0.05, 0) is 35.4 Å². The van der Waals surface area contributed by atoms with Gasteiger partial charge in [0.15, 0.2) is 0 Å². The van der Waals surface area contributed by atoms with E-state index in [1.165, 1.54) is 28.4 Å². The average molecular weight is 510 g/mol. The fraction of sp³-hybridized carbons (Fsp3) is 0.148. The lowest BCUT2D eigenvalue weighted by molar-refractivity contribution is -0.137. The van der Waals surface area contributed by atoms with Crippen molar-refractivity contribution in [1.82, 2.24) is 15.2 Å². The Morgan fingerprint density at radius 2 is 1.44 bits per heavy atom. The van der Waals surface area contributed by atoms with Crippen LogP contribution in [0.1, 0.15) is 42.5 Å². The number of amides is 2. The molecular weight excluding hydrogens is 487 g/mol. The summed E-state index contributed by atoms with van der Waals surface area (Å²) in [5, 5.41) is 4.98. The van der Waals surface area contributed by atoms with Gasteiger partial charge in [0.05, 0.1) is 12.1 Å². The van der Waals surface area contributed by atoms with Gasteiger partial charge in [0.1, 0.15) is 10.7 Å². The first-order valence-corrected chi connectivity index (χ1v) is 11.9. The minimum atomic E-state index is -4.48. The molecule has 0 radical (unpaired) electrons. The molecule has 4 aromatic rings. The molecule has 0 fully saturated rings. The number of rotatable bonds is 8. The molecule has 0 aliphatic carbocycles. The Kier molecular flexibility index (Phi) is 7.80. The van der Waals surface area contributed by atoms with Gasteiger partial charge < -0.3 is 10.2 Å². The second kappa shape index (κ2) is 11.2. The van der Waals surface area contributed by atoms with E-state index >= 15 is 0 Å². The molecule has 0 aliphatic rings. The van der Waals surface area contributed by atoms with Crippen LogP contribution in [0.4, 0.5) is 13.2 Å². The van der Waals surface area contributed by atoms with E-state index in [1.54, 1.807) is 5.38 Å². The Balaban J connectivity index is 1.49. The van der Waals surface area contributed by atoms with Crippen LogP contribution in [-0.2, 0) is 25.8 Å². The highest BCUT2D eigenvalue weighted by molar-refractivity contribution is 7.09. The number of aromatic nitrogens is 1. The molecule has 0 bridgehead atoms. The van der Waals surface area contributed by atoms with Gasteiger partial charge in [0.2, 0.25) is 0 Å². The van der Waals surface area contributed by atoms with E-state index in [-0.39, 0.29) is 30.3 Å². The van der Waals surface area contributed by atoms with Crippen molar-refractivity contribution in [2.24, 2.45) is 0 Å². The molecular formula is C27H22F3N3O2S. The third kappa shape index (κ3) is 6.57. The van der Waals surface area contributed by atoms with Crippen LogP contribution < -0.4 is 5.32 Å². The molecule has 36 heavy (non-hydrogen) atoms. The van der Waals surface area contributed by atoms with E-state index in [2.05, 4.69) is 10.3 Å². The maximum absolute atomic E-state index is 13.3. The predicted molar refractivity (Wildman–Crippen MR) is 131 cm³/mol. The molecule has 0 spiro atoms. The summed E-state index contributed by atoms with van der Waals surface area (Å²) < 4.78 is 38.8. The second-order valence-corrected chi connectivity index (χ2v) is 8.96. The third-order valence-corrected chi connectivity index (χ3v) is 6.20. The van der Waals surface area contributed by atoms with Crippen molar-refractivity contribution in [2.45, 2.75) is 25.8 Å². The van der Waals surface area contributed by atoms with Crippen molar-refractivity contribution in [3.05, 3.63) is 123 Å².